The first-order chi connectivity index (χ1) is 10.3. The van der Waals surface area contributed by atoms with Gasteiger partial charge in [-0.3, -0.25) is 4.55 Å². The van der Waals surface area contributed by atoms with Crippen molar-refractivity contribution in [2.45, 2.75) is 64.7 Å². The van der Waals surface area contributed by atoms with Crippen LogP contribution in [0.15, 0.2) is 12.2 Å². The van der Waals surface area contributed by atoms with Gasteiger partial charge >= 0.3 is 16.4 Å². The van der Waals surface area contributed by atoms with Crippen LogP contribution in [0.4, 0.5) is 0 Å². The summed E-state index contributed by atoms with van der Waals surface area (Å²) in [7, 11) is -4.28. The molecule has 0 rings (SSSR count). The predicted molar refractivity (Wildman–Crippen MR) is 84.8 cm³/mol. The van der Waals surface area contributed by atoms with E-state index in [1.807, 2.05) is 0 Å². The second kappa shape index (κ2) is 12.6. The molecule has 0 aromatic rings. The maximum Gasteiger partial charge on any atom is 0.397 e. The Kier molecular flexibility index (Phi) is 12.1. The maximum atomic E-state index is 11.1. The van der Waals surface area contributed by atoms with Gasteiger partial charge in [0.15, 0.2) is 0 Å². The molecule has 0 saturated carbocycles. The van der Waals surface area contributed by atoms with Gasteiger partial charge in [-0.2, -0.15) is 8.42 Å². The smallest absolute Gasteiger partial charge is 0.397 e. The summed E-state index contributed by atoms with van der Waals surface area (Å²) in [6, 6.07) is 0. The van der Waals surface area contributed by atoms with E-state index in [1.54, 1.807) is 6.92 Å². The number of hydrogen-bond acceptors (Lipinski definition) is 5. The summed E-state index contributed by atoms with van der Waals surface area (Å²) >= 11 is 0. The summed E-state index contributed by atoms with van der Waals surface area (Å²) in [5.74, 6) is -0.321. The highest BCUT2D eigenvalue weighted by atomic mass is 32.3. The summed E-state index contributed by atoms with van der Waals surface area (Å²) in [6.07, 6.45) is 9.01. The first kappa shape index (κ1) is 21.1. The number of carbonyl (C=O) groups excluding carboxylic acids is 1. The minimum Gasteiger partial charge on any atom is -0.462 e. The molecule has 0 heterocycles. The fourth-order valence-corrected chi connectivity index (χ4v) is 2.22. The zero-order valence-corrected chi connectivity index (χ0v) is 14.2. The molecule has 0 aromatic carbocycles. The third kappa shape index (κ3) is 15.5. The Balaban J connectivity index is 3.18. The van der Waals surface area contributed by atoms with Crippen molar-refractivity contribution in [3.05, 3.63) is 12.2 Å². The summed E-state index contributed by atoms with van der Waals surface area (Å²) in [5, 5.41) is 0. The van der Waals surface area contributed by atoms with E-state index in [0.717, 1.165) is 51.4 Å². The Labute approximate surface area is 133 Å². The van der Waals surface area contributed by atoms with Crippen LogP contribution in [0.2, 0.25) is 0 Å². The molecule has 0 aromatic heterocycles. The molecule has 0 radical (unpaired) electrons. The lowest BCUT2D eigenvalue weighted by atomic mass is 10.1. The molecule has 1 N–H and O–H groups in total. The molecule has 0 spiro atoms. The number of esters is 1. The standard InChI is InChI=1S/C15H28O6S/c1-14(2)15(16)20-12-10-8-6-4-3-5-7-9-11-13-21-22(17,18)19/h1,3-13H2,2H3,(H,17,18,19). The Morgan fingerprint density at radius 1 is 0.909 bits per heavy atom. The van der Waals surface area contributed by atoms with Crippen molar-refractivity contribution < 1.29 is 26.7 Å². The highest BCUT2D eigenvalue weighted by Gasteiger charge is 2.03. The molecule has 0 saturated heterocycles. The van der Waals surface area contributed by atoms with E-state index in [2.05, 4.69) is 10.8 Å². The minimum absolute atomic E-state index is 0.0434. The number of carbonyl (C=O) groups is 1. The molecule has 0 aliphatic carbocycles. The van der Waals surface area contributed by atoms with Crippen LogP contribution in [0.3, 0.4) is 0 Å². The van der Waals surface area contributed by atoms with Crippen LogP contribution >= 0.6 is 0 Å². The van der Waals surface area contributed by atoms with Gasteiger partial charge in [-0.25, -0.2) is 8.98 Å². The van der Waals surface area contributed by atoms with Gasteiger partial charge < -0.3 is 4.74 Å². The molecule has 0 bridgehead atoms. The van der Waals surface area contributed by atoms with Crippen LogP contribution in [-0.4, -0.2) is 32.2 Å². The van der Waals surface area contributed by atoms with Gasteiger partial charge in [0.2, 0.25) is 0 Å². The average molecular weight is 336 g/mol. The van der Waals surface area contributed by atoms with E-state index >= 15 is 0 Å². The molecule has 6 nitrogen and oxygen atoms in total. The zero-order valence-electron chi connectivity index (χ0n) is 13.4. The maximum absolute atomic E-state index is 11.1. The van der Waals surface area contributed by atoms with E-state index in [4.69, 9.17) is 9.29 Å². The number of unbranched alkanes of at least 4 members (excludes halogenated alkanes) is 8. The second-order valence-corrected chi connectivity index (χ2v) is 6.44. The van der Waals surface area contributed by atoms with E-state index in [9.17, 15) is 13.2 Å². The Morgan fingerprint density at radius 2 is 1.32 bits per heavy atom. The van der Waals surface area contributed by atoms with Gasteiger partial charge in [0.05, 0.1) is 13.2 Å². The monoisotopic (exact) mass is 336 g/mol. The Bertz CT molecular complexity index is 416. The average Bonchev–Trinajstić information content (AvgIpc) is 2.42. The minimum atomic E-state index is -4.28. The van der Waals surface area contributed by atoms with Crippen molar-refractivity contribution >= 4 is 16.4 Å². The highest BCUT2D eigenvalue weighted by Crippen LogP contribution is 2.10. The summed E-state index contributed by atoms with van der Waals surface area (Å²) in [5.41, 5.74) is 0.432. The molecular formula is C15H28O6S. The van der Waals surface area contributed by atoms with Gasteiger partial charge in [0, 0.05) is 5.57 Å². The van der Waals surface area contributed by atoms with Crippen LogP contribution < -0.4 is 0 Å². The molecular weight excluding hydrogens is 308 g/mol. The van der Waals surface area contributed by atoms with Gasteiger partial charge in [-0.1, -0.05) is 51.5 Å². The normalized spacial score (nSPS) is 11.4. The first-order valence-corrected chi connectivity index (χ1v) is 9.14. The predicted octanol–water partition coefficient (Wildman–Crippen LogP) is 3.44. The van der Waals surface area contributed by atoms with Crippen molar-refractivity contribution in [2.24, 2.45) is 0 Å². The molecule has 22 heavy (non-hydrogen) atoms. The lowest BCUT2D eigenvalue weighted by Crippen LogP contribution is -2.05. The lowest BCUT2D eigenvalue weighted by molar-refractivity contribution is -0.139. The SMILES string of the molecule is C=C(C)C(=O)OCCCCCCCCCCCOS(=O)(=O)O. The quantitative estimate of drug-likeness (QED) is 0.226. The van der Waals surface area contributed by atoms with Gasteiger partial charge in [0.1, 0.15) is 0 Å². The van der Waals surface area contributed by atoms with Gasteiger partial charge in [-0.15, -0.1) is 0 Å². The van der Waals surface area contributed by atoms with Crippen LogP contribution in [0.5, 0.6) is 0 Å². The van der Waals surface area contributed by atoms with Crippen LogP contribution in [0, 0.1) is 0 Å². The molecule has 0 aliphatic heterocycles. The largest absolute Gasteiger partial charge is 0.462 e. The second-order valence-electron chi connectivity index (χ2n) is 5.35. The van der Waals surface area contributed by atoms with E-state index < -0.39 is 10.4 Å². The van der Waals surface area contributed by atoms with E-state index in [1.165, 1.54) is 0 Å². The summed E-state index contributed by atoms with van der Waals surface area (Å²) in [6.45, 7) is 5.66. The van der Waals surface area contributed by atoms with Gasteiger partial charge in [-0.05, 0) is 19.8 Å². The summed E-state index contributed by atoms with van der Waals surface area (Å²) < 4.78 is 38.2. The molecule has 7 heteroatoms. The van der Waals surface area contributed by atoms with Crippen molar-refractivity contribution in [1.29, 1.82) is 0 Å². The van der Waals surface area contributed by atoms with Gasteiger partial charge in [0.25, 0.3) is 0 Å². The molecule has 130 valence electrons. The molecule has 0 amide bonds. The van der Waals surface area contributed by atoms with Crippen molar-refractivity contribution in [3.63, 3.8) is 0 Å². The fourth-order valence-electron chi connectivity index (χ4n) is 1.89. The third-order valence-electron chi connectivity index (χ3n) is 3.10. The number of ether oxygens (including phenoxy) is 1. The highest BCUT2D eigenvalue weighted by molar-refractivity contribution is 7.80. The Morgan fingerprint density at radius 3 is 1.73 bits per heavy atom. The number of rotatable bonds is 14. The lowest BCUT2D eigenvalue weighted by Gasteiger charge is -2.04. The first-order valence-electron chi connectivity index (χ1n) is 7.77. The van der Waals surface area contributed by atoms with Crippen LogP contribution in [0.1, 0.15) is 64.7 Å². The number of hydrogen-bond donors (Lipinski definition) is 1. The molecule has 0 aliphatic rings. The third-order valence-corrected chi connectivity index (χ3v) is 3.57. The topological polar surface area (TPSA) is 89.9 Å². The zero-order chi connectivity index (χ0) is 16.8. The van der Waals surface area contributed by atoms with Crippen LogP contribution in [0.25, 0.3) is 0 Å². The van der Waals surface area contributed by atoms with Crippen LogP contribution in [-0.2, 0) is 24.1 Å². The van der Waals surface area contributed by atoms with Crippen molar-refractivity contribution in [1.82, 2.24) is 0 Å². The van der Waals surface area contributed by atoms with Crippen molar-refractivity contribution in [2.75, 3.05) is 13.2 Å². The van der Waals surface area contributed by atoms with Crippen molar-refractivity contribution in [3.8, 4) is 0 Å². The molecule has 0 atom stereocenters. The summed E-state index contributed by atoms with van der Waals surface area (Å²) in [4.78, 5) is 11.1. The Hall–Kier alpha value is -0.920. The fraction of sp³-hybridized carbons (Fsp3) is 0.800. The molecule has 0 unspecified atom stereocenters. The van der Waals surface area contributed by atoms with E-state index in [-0.39, 0.29) is 12.6 Å². The molecule has 0 fully saturated rings. The van der Waals surface area contributed by atoms with E-state index in [0.29, 0.717) is 18.6 Å².